The number of nitrogens with zero attached hydrogens (tertiary/aromatic N) is 1. The molecule has 0 saturated heterocycles. The summed E-state index contributed by atoms with van der Waals surface area (Å²) in [6.45, 7) is 4.96. The first-order valence-electron chi connectivity index (χ1n) is 47.8. The maximum atomic E-state index is 13.0. The van der Waals surface area contributed by atoms with Gasteiger partial charge in [0.05, 0.1) is 34.4 Å². The van der Waals surface area contributed by atoms with Crippen LogP contribution in [0.25, 0.3) is 0 Å². The summed E-state index contributed by atoms with van der Waals surface area (Å²) < 4.78 is 23.1. The first-order valence-corrected chi connectivity index (χ1v) is 47.8. The third-order valence-corrected chi connectivity index (χ3v) is 22.1. The predicted molar refractivity (Wildman–Crippen MR) is 466 cm³/mol. The third-order valence-electron chi connectivity index (χ3n) is 22.1. The van der Waals surface area contributed by atoms with Crippen molar-refractivity contribution in [3.8, 4) is 0 Å². The number of aliphatic carboxylic acids is 1. The molecule has 0 saturated carbocycles. The standard InChI is InChI=1S/C98H185NO8/c1-6-8-10-12-14-16-18-20-22-24-26-28-30-32-34-36-38-40-42-44-46-48-50-52-54-56-58-60-62-64-66-68-70-72-74-76-78-80-82-84-86-88-95(100)105-92-94(93-106-98(97(102)103)104-91-90-99(3,4)5)107-96(101)89-87-85-83-81-79-77-75-73-71-69-67-65-63-61-59-57-55-53-51-49-47-45-43-41-39-37-35-33-31-29-27-25-23-21-19-17-15-13-11-9-7-2/h19,21,24-27,31,33,94,98H,6-18,20,22-23,28-30,32,34-93H2,1-5H3/p+1/b21-19-,26-24-,27-25-,33-31-. The number of carbonyl (C=O) groups excluding carboxylic acids is 2. The van der Waals surface area contributed by atoms with Gasteiger partial charge in [-0.1, -0.05) is 461 Å². The van der Waals surface area contributed by atoms with Crippen LogP contribution in [0.3, 0.4) is 0 Å². The van der Waals surface area contributed by atoms with Crippen molar-refractivity contribution in [3.63, 3.8) is 0 Å². The summed E-state index contributed by atoms with van der Waals surface area (Å²) in [6, 6.07) is 0. The molecule has 0 spiro atoms. The van der Waals surface area contributed by atoms with E-state index in [0.717, 1.165) is 51.4 Å². The fourth-order valence-corrected chi connectivity index (χ4v) is 14.8. The van der Waals surface area contributed by atoms with Crippen LogP contribution >= 0.6 is 0 Å². The van der Waals surface area contributed by atoms with Gasteiger partial charge < -0.3 is 28.5 Å². The van der Waals surface area contributed by atoms with Gasteiger partial charge in [-0.2, -0.15) is 0 Å². The normalized spacial score (nSPS) is 12.7. The molecule has 0 aromatic carbocycles. The Morgan fingerprint density at radius 2 is 0.505 bits per heavy atom. The molecular weight excluding hydrogens is 1320 g/mol. The molecule has 9 nitrogen and oxygen atoms in total. The zero-order valence-corrected chi connectivity index (χ0v) is 72.6. The maximum absolute atomic E-state index is 13.0. The smallest absolute Gasteiger partial charge is 0.361 e. The Hall–Kier alpha value is -2.75. The molecular formula is C98H186NO8+. The molecule has 630 valence electrons. The molecule has 0 amide bonds. The van der Waals surface area contributed by atoms with E-state index in [1.807, 2.05) is 21.1 Å². The lowest BCUT2D eigenvalue weighted by molar-refractivity contribution is -0.870. The molecule has 0 aliphatic heterocycles. The molecule has 2 atom stereocenters. The second-order valence-electron chi connectivity index (χ2n) is 34.0. The van der Waals surface area contributed by atoms with Gasteiger partial charge in [-0.15, -0.1) is 0 Å². The van der Waals surface area contributed by atoms with Crippen molar-refractivity contribution in [1.82, 2.24) is 0 Å². The van der Waals surface area contributed by atoms with Crippen LogP contribution in [0, 0.1) is 0 Å². The third kappa shape index (κ3) is 90.3. The van der Waals surface area contributed by atoms with Crippen molar-refractivity contribution in [3.05, 3.63) is 48.6 Å². The van der Waals surface area contributed by atoms with Crippen LogP contribution in [-0.2, 0) is 33.3 Å². The zero-order chi connectivity index (χ0) is 77.4. The summed E-state index contributed by atoms with van der Waals surface area (Å²) in [5, 5.41) is 9.80. The Morgan fingerprint density at radius 3 is 0.757 bits per heavy atom. The summed E-state index contributed by atoms with van der Waals surface area (Å²) >= 11 is 0. The Labute approximate surface area is 667 Å². The number of carboxylic acid groups (broad SMARTS) is 1. The van der Waals surface area contributed by atoms with Crippen molar-refractivity contribution in [1.29, 1.82) is 0 Å². The van der Waals surface area contributed by atoms with Crippen LogP contribution in [0.5, 0.6) is 0 Å². The van der Waals surface area contributed by atoms with E-state index in [1.165, 1.54) is 424 Å². The highest BCUT2D eigenvalue weighted by Gasteiger charge is 2.25. The topological polar surface area (TPSA) is 108 Å². The van der Waals surface area contributed by atoms with Crippen molar-refractivity contribution in [2.24, 2.45) is 0 Å². The molecule has 107 heavy (non-hydrogen) atoms. The molecule has 0 aromatic heterocycles. The number of likely N-dealkylation sites (N-methyl/N-ethyl adjacent to an activating group) is 1. The monoisotopic (exact) mass is 1510 g/mol. The fourth-order valence-electron chi connectivity index (χ4n) is 14.8. The first kappa shape index (κ1) is 104. The summed E-state index contributed by atoms with van der Waals surface area (Å²) in [4.78, 5) is 37.9. The average Bonchev–Trinajstić information content (AvgIpc) is 0.965. The number of carbonyl (C=O) groups is 3. The minimum atomic E-state index is -1.51. The molecule has 1 N–H and O–H groups in total. The van der Waals surface area contributed by atoms with Crippen molar-refractivity contribution in [2.45, 2.75) is 514 Å². The van der Waals surface area contributed by atoms with Gasteiger partial charge in [-0.3, -0.25) is 9.59 Å². The van der Waals surface area contributed by atoms with Gasteiger partial charge in [0.1, 0.15) is 13.2 Å². The van der Waals surface area contributed by atoms with E-state index in [9.17, 15) is 19.5 Å². The van der Waals surface area contributed by atoms with E-state index in [0.29, 0.717) is 17.4 Å². The van der Waals surface area contributed by atoms with E-state index < -0.39 is 18.4 Å². The van der Waals surface area contributed by atoms with E-state index in [2.05, 4.69) is 62.5 Å². The van der Waals surface area contributed by atoms with Crippen LogP contribution in [0.1, 0.15) is 502 Å². The summed E-state index contributed by atoms with van der Waals surface area (Å²) in [6.07, 6.45) is 116. The fraction of sp³-hybridized carbons (Fsp3) is 0.888. The van der Waals surface area contributed by atoms with Gasteiger partial charge >= 0.3 is 17.9 Å². The lowest BCUT2D eigenvalue weighted by Gasteiger charge is -2.25. The molecule has 0 fully saturated rings. The van der Waals surface area contributed by atoms with Crippen LogP contribution in [0.15, 0.2) is 48.6 Å². The lowest BCUT2D eigenvalue weighted by atomic mass is 10.0. The van der Waals surface area contributed by atoms with Gasteiger partial charge in [0.2, 0.25) is 0 Å². The van der Waals surface area contributed by atoms with Crippen LogP contribution in [0.2, 0.25) is 0 Å². The number of hydrogen-bond acceptors (Lipinski definition) is 7. The number of rotatable bonds is 91. The minimum absolute atomic E-state index is 0.174. The number of quaternary nitrogens is 1. The lowest BCUT2D eigenvalue weighted by Crippen LogP contribution is -2.40. The number of allylic oxidation sites excluding steroid dienone is 8. The SMILES string of the molecule is CCCCCCC/C=C\C/C=C\C/C=C\CCCCCCCCCCCCCCCCCCCCCCCCCCCCC(=O)OC(COC(=O)CCCCCCCCCCCCCCCCCCCCCCCCCCCCCCC/C=C\CCCCCCCCCC)COC(OCC[N+](C)(C)C)C(=O)O. The molecule has 0 aliphatic carbocycles. The summed E-state index contributed by atoms with van der Waals surface area (Å²) in [5.74, 6) is -1.96. The first-order chi connectivity index (χ1) is 52.6. The summed E-state index contributed by atoms with van der Waals surface area (Å²) in [7, 11) is 6.01. The van der Waals surface area contributed by atoms with E-state index in [4.69, 9.17) is 18.9 Å². The van der Waals surface area contributed by atoms with Crippen LogP contribution in [-0.4, -0.2) is 87.4 Å². The predicted octanol–water partition coefficient (Wildman–Crippen LogP) is 31.5. The average molecular weight is 1510 g/mol. The highest BCUT2D eigenvalue weighted by Crippen LogP contribution is 2.22. The van der Waals surface area contributed by atoms with E-state index >= 15 is 0 Å². The van der Waals surface area contributed by atoms with Gasteiger partial charge in [-0.25, -0.2) is 4.79 Å². The molecule has 0 radical (unpaired) electrons. The van der Waals surface area contributed by atoms with Crippen molar-refractivity contribution in [2.75, 3.05) is 47.5 Å². The molecule has 0 bridgehead atoms. The second kappa shape index (κ2) is 88.8. The Balaban J connectivity index is 3.86. The zero-order valence-electron chi connectivity index (χ0n) is 72.6. The Bertz CT molecular complexity index is 1910. The van der Waals surface area contributed by atoms with Crippen LogP contribution in [0.4, 0.5) is 0 Å². The minimum Gasteiger partial charge on any atom is -0.477 e. The number of unbranched alkanes of at least 4 members (excludes halogenated alkanes) is 68. The largest absolute Gasteiger partial charge is 0.477 e. The molecule has 9 heteroatoms. The van der Waals surface area contributed by atoms with Gasteiger partial charge in [-0.05, 0) is 77.0 Å². The second-order valence-corrected chi connectivity index (χ2v) is 34.0. The van der Waals surface area contributed by atoms with Crippen molar-refractivity contribution < 1.29 is 42.9 Å². The van der Waals surface area contributed by atoms with Gasteiger partial charge in [0, 0.05) is 12.8 Å². The quantitative estimate of drug-likeness (QED) is 0.0211. The van der Waals surface area contributed by atoms with Crippen molar-refractivity contribution >= 4 is 17.9 Å². The molecule has 0 aromatic rings. The number of ether oxygens (including phenoxy) is 4. The number of hydrogen-bond donors (Lipinski definition) is 1. The van der Waals surface area contributed by atoms with Gasteiger partial charge in [0.15, 0.2) is 6.10 Å². The highest BCUT2D eigenvalue weighted by molar-refractivity contribution is 5.71. The highest BCUT2D eigenvalue weighted by atomic mass is 16.7. The van der Waals surface area contributed by atoms with E-state index in [1.54, 1.807) is 0 Å². The Kier molecular flexibility index (Phi) is 86.5. The molecule has 2 unspecified atom stereocenters. The maximum Gasteiger partial charge on any atom is 0.361 e. The molecule has 0 aliphatic rings. The number of carboxylic acids is 1. The molecule has 0 heterocycles. The summed E-state index contributed by atoms with van der Waals surface area (Å²) in [5.41, 5.74) is 0. The van der Waals surface area contributed by atoms with E-state index in [-0.39, 0.29) is 38.2 Å². The van der Waals surface area contributed by atoms with Gasteiger partial charge in [0.25, 0.3) is 6.29 Å². The molecule has 0 rings (SSSR count). The Morgan fingerprint density at radius 1 is 0.280 bits per heavy atom. The number of esters is 2. The van der Waals surface area contributed by atoms with Crippen LogP contribution < -0.4 is 0 Å².